The number of halogens is 2. The summed E-state index contributed by atoms with van der Waals surface area (Å²) in [5, 5.41) is 4.04. The molecule has 7 rings (SSSR count). The van der Waals surface area contributed by atoms with Crippen molar-refractivity contribution in [3.63, 3.8) is 0 Å². The summed E-state index contributed by atoms with van der Waals surface area (Å²) in [6, 6.07) is 8.03. The third-order valence-corrected chi connectivity index (χ3v) is 11.3. The highest BCUT2D eigenvalue weighted by Gasteiger charge is 2.39. The molecule has 0 radical (unpaired) electrons. The minimum absolute atomic E-state index is 0.0152. The maximum atomic E-state index is 15.5. The summed E-state index contributed by atoms with van der Waals surface area (Å²) in [4.78, 5) is 25.1. The molecule has 0 amide bonds. The van der Waals surface area contributed by atoms with E-state index in [1.54, 1.807) is 22.8 Å². The Labute approximate surface area is 263 Å². The van der Waals surface area contributed by atoms with Crippen LogP contribution in [0.5, 0.6) is 0 Å². The first-order chi connectivity index (χ1) is 21.6. The monoisotopic (exact) mass is 643 g/mol. The van der Waals surface area contributed by atoms with Crippen molar-refractivity contribution in [1.82, 2.24) is 19.4 Å². The van der Waals surface area contributed by atoms with Gasteiger partial charge in [0.15, 0.2) is 0 Å². The fourth-order valence-electron chi connectivity index (χ4n) is 6.96. The summed E-state index contributed by atoms with van der Waals surface area (Å²) in [7, 11) is -3.11. The Bertz CT molecular complexity index is 1660. The standard InChI is InChI=1S/C33H43F2N5O4S/c1-23-26-7-5-8-27(17-26)33(34,35)19-24-20-39(21-24)11-3-2-4-13-44-14-6-12-40-31-29(30(38-23)36-22-37-31)18-28(32(40)41)25-9-15-45(42,43)16-10-25/h5,7-8,17-18,22-25H,2-4,6,9-16,19-21H2,1H3,(H,36,37,38)/t23-/m1/s1. The molecule has 45 heavy (non-hydrogen) atoms. The summed E-state index contributed by atoms with van der Waals surface area (Å²) in [6.07, 6.45) is 5.59. The quantitative estimate of drug-likeness (QED) is 0.383. The van der Waals surface area contributed by atoms with Gasteiger partial charge in [0.1, 0.15) is 27.6 Å². The van der Waals surface area contributed by atoms with Crippen molar-refractivity contribution >= 4 is 26.7 Å². The number of ether oxygens (including phenoxy) is 1. The maximum Gasteiger partial charge on any atom is 0.273 e. The number of rotatable bonds is 1. The van der Waals surface area contributed by atoms with Crippen LogP contribution in [0.2, 0.25) is 0 Å². The summed E-state index contributed by atoms with van der Waals surface area (Å²) < 4.78 is 62.8. The van der Waals surface area contributed by atoms with Gasteiger partial charge in [0.2, 0.25) is 0 Å². The highest BCUT2D eigenvalue weighted by molar-refractivity contribution is 7.91. The van der Waals surface area contributed by atoms with Crippen molar-refractivity contribution in [3.8, 4) is 0 Å². The molecule has 1 N–H and O–H groups in total. The molecule has 1 aromatic carbocycles. The minimum Gasteiger partial charge on any atom is -0.381 e. The Balaban J connectivity index is 1.34. The number of pyridine rings is 1. The molecule has 244 valence electrons. The third kappa shape index (κ3) is 7.38. The van der Waals surface area contributed by atoms with Gasteiger partial charge in [-0.2, -0.15) is 0 Å². The molecule has 8 bridgehead atoms. The molecule has 4 aliphatic rings. The highest BCUT2D eigenvalue weighted by atomic mass is 32.2. The SMILES string of the molecule is C[C@H]1Nc2ncnc3c2cc(C2CCS(=O)(=O)CC2)c(=O)n3CCCOCCCCCN2CC(C2)CC(F)(F)c2cccc1c2. The van der Waals surface area contributed by atoms with Crippen LogP contribution >= 0.6 is 0 Å². The van der Waals surface area contributed by atoms with E-state index in [-0.39, 0.29) is 46.9 Å². The van der Waals surface area contributed by atoms with E-state index in [1.165, 1.54) is 12.4 Å². The van der Waals surface area contributed by atoms with Crippen LogP contribution in [0.1, 0.15) is 80.5 Å². The van der Waals surface area contributed by atoms with Crippen LogP contribution in [0, 0.1) is 5.92 Å². The molecule has 12 heteroatoms. The molecular formula is C33H43F2N5O4S. The van der Waals surface area contributed by atoms with Crippen LogP contribution in [-0.4, -0.2) is 72.2 Å². The van der Waals surface area contributed by atoms with E-state index >= 15 is 8.78 Å². The number of nitrogens with one attached hydrogen (secondary N) is 1. The van der Waals surface area contributed by atoms with Crippen molar-refractivity contribution in [3.05, 3.63) is 63.7 Å². The van der Waals surface area contributed by atoms with Gasteiger partial charge in [0, 0.05) is 56.4 Å². The average molecular weight is 644 g/mol. The van der Waals surface area contributed by atoms with E-state index < -0.39 is 15.8 Å². The van der Waals surface area contributed by atoms with Gasteiger partial charge in [0.25, 0.3) is 11.5 Å². The molecule has 6 heterocycles. The van der Waals surface area contributed by atoms with Gasteiger partial charge in [-0.1, -0.05) is 18.2 Å². The fraction of sp³-hybridized carbons (Fsp3) is 0.606. The Hall–Kier alpha value is -2.96. The van der Waals surface area contributed by atoms with Gasteiger partial charge in [0.05, 0.1) is 16.9 Å². The van der Waals surface area contributed by atoms with Gasteiger partial charge in [-0.3, -0.25) is 9.36 Å². The van der Waals surface area contributed by atoms with E-state index in [1.807, 2.05) is 13.0 Å². The van der Waals surface area contributed by atoms with Crippen LogP contribution in [-0.2, 0) is 27.0 Å². The molecule has 2 aromatic heterocycles. The number of aryl methyl sites for hydroxylation is 1. The first-order valence-corrected chi connectivity index (χ1v) is 18.1. The van der Waals surface area contributed by atoms with Crippen molar-refractivity contribution in [2.24, 2.45) is 5.92 Å². The van der Waals surface area contributed by atoms with E-state index in [4.69, 9.17) is 4.74 Å². The van der Waals surface area contributed by atoms with Gasteiger partial charge in [-0.15, -0.1) is 0 Å². The second-order valence-electron chi connectivity index (χ2n) is 13.0. The van der Waals surface area contributed by atoms with Crippen molar-refractivity contribution in [2.45, 2.75) is 76.3 Å². The number of fused-ring (bicyclic) bond motifs is 10. The van der Waals surface area contributed by atoms with Crippen LogP contribution in [0.4, 0.5) is 14.6 Å². The maximum absolute atomic E-state index is 15.5. The molecule has 2 fully saturated rings. The molecule has 0 saturated carbocycles. The average Bonchev–Trinajstić information content (AvgIpc) is 2.99. The second kappa shape index (κ2) is 13.4. The zero-order valence-corrected chi connectivity index (χ0v) is 26.7. The lowest BCUT2D eigenvalue weighted by Crippen LogP contribution is -2.48. The first-order valence-electron chi connectivity index (χ1n) is 16.2. The number of aromatic nitrogens is 3. The smallest absolute Gasteiger partial charge is 0.273 e. The van der Waals surface area contributed by atoms with Crippen LogP contribution in [0.3, 0.4) is 0 Å². The van der Waals surface area contributed by atoms with Crippen LogP contribution in [0.25, 0.3) is 11.0 Å². The van der Waals surface area contributed by atoms with Gasteiger partial charge >= 0.3 is 0 Å². The molecule has 2 saturated heterocycles. The summed E-state index contributed by atoms with van der Waals surface area (Å²) in [6.45, 7) is 5.78. The molecular weight excluding hydrogens is 600 g/mol. The van der Waals surface area contributed by atoms with E-state index in [0.29, 0.717) is 80.1 Å². The highest BCUT2D eigenvalue weighted by Crippen LogP contribution is 2.39. The number of sulfone groups is 1. The third-order valence-electron chi connectivity index (χ3n) is 9.58. The fourth-order valence-corrected chi connectivity index (χ4v) is 8.45. The Kier molecular flexibility index (Phi) is 9.54. The normalized spacial score (nSPS) is 26.5. The number of alkyl halides is 2. The lowest BCUT2D eigenvalue weighted by molar-refractivity contribution is -0.0569. The largest absolute Gasteiger partial charge is 0.381 e. The summed E-state index contributed by atoms with van der Waals surface area (Å²) in [5.41, 5.74) is 1.59. The lowest BCUT2D eigenvalue weighted by Gasteiger charge is -2.41. The number of hydrogen-bond donors (Lipinski definition) is 1. The van der Waals surface area contributed by atoms with E-state index in [9.17, 15) is 13.2 Å². The molecule has 0 aliphatic carbocycles. The molecule has 3 aromatic rings. The second-order valence-corrected chi connectivity index (χ2v) is 15.3. The summed E-state index contributed by atoms with van der Waals surface area (Å²) >= 11 is 0. The van der Waals surface area contributed by atoms with Crippen molar-refractivity contribution in [1.29, 1.82) is 0 Å². The number of anilines is 1. The number of hydrogen-bond acceptors (Lipinski definition) is 8. The molecule has 0 spiro atoms. The van der Waals surface area contributed by atoms with Gasteiger partial charge in [-0.25, -0.2) is 27.2 Å². The van der Waals surface area contributed by atoms with Gasteiger partial charge in [-0.05, 0) is 81.5 Å². The lowest BCUT2D eigenvalue weighted by atomic mass is 9.89. The van der Waals surface area contributed by atoms with Crippen molar-refractivity contribution in [2.75, 3.05) is 49.7 Å². The van der Waals surface area contributed by atoms with Crippen LogP contribution < -0.4 is 10.9 Å². The minimum atomic E-state index is -3.11. The molecule has 1 atom stereocenters. The zero-order valence-electron chi connectivity index (χ0n) is 25.9. The molecule has 9 nitrogen and oxygen atoms in total. The van der Waals surface area contributed by atoms with Gasteiger partial charge < -0.3 is 15.0 Å². The Morgan fingerprint density at radius 3 is 2.58 bits per heavy atom. The topological polar surface area (TPSA) is 106 Å². The van der Waals surface area contributed by atoms with Crippen LogP contribution in [0.15, 0.2) is 41.5 Å². The predicted octanol–water partition coefficient (Wildman–Crippen LogP) is 5.26. The number of benzene rings is 1. The summed E-state index contributed by atoms with van der Waals surface area (Å²) in [5.74, 6) is -2.55. The van der Waals surface area contributed by atoms with E-state index in [0.717, 1.165) is 25.8 Å². The Morgan fingerprint density at radius 2 is 1.78 bits per heavy atom. The molecule has 4 aliphatic heterocycles. The van der Waals surface area contributed by atoms with E-state index in [2.05, 4.69) is 20.2 Å². The number of nitrogens with zero attached hydrogens (tertiary/aromatic N) is 4. The molecule has 0 unspecified atom stereocenters. The predicted molar refractivity (Wildman–Crippen MR) is 171 cm³/mol. The van der Waals surface area contributed by atoms with Crippen molar-refractivity contribution < 1.29 is 21.9 Å². The zero-order chi connectivity index (χ0) is 31.6. The Morgan fingerprint density at radius 1 is 1.00 bits per heavy atom. The first kappa shape index (κ1) is 32.0.